The molecule has 0 radical (unpaired) electrons. The lowest BCUT2D eigenvalue weighted by Crippen LogP contribution is -1.97. The van der Waals surface area contributed by atoms with Gasteiger partial charge in [-0.05, 0) is 40.5 Å². The van der Waals surface area contributed by atoms with Gasteiger partial charge in [-0.25, -0.2) is 9.37 Å². The third kappa shape index (κ3) is 3.26. The van der Waals surface area contributed by atoms with Crippen molar-refractivity contribution in [3.8, 4) is 0 Å². The standard InChI is InChI=1S/C12H12BrFN2S/c1-2-12-16-7-9(17-12)6-15-8-3-4-10(13)11(14)5-8/h3-5,7,15H,2,6H2,1H3. The summed E-state index contributed by atoms with van der Waals surface area (Å²) in [6, 6.07) is 5.02. The smallest absolute Gasteiger partial charge is 0.139 e. The summed E-state index contributed by atoms with van der Waals surface area (Å²) in [6.45, 7) is 2.76. The fraction of sp³-hybridized carbons (Fsp3) is 0.250. The van der Waals surface area contributed by atoms with Crippen molar-refractivity contribution in [2.75, 3.05) is 5.32 Å². The number of anilines is 1. The summed E-state index contributed by atoms with van der Waals surface area (Å²) in [7, 11) is 0. The summed E-state index contributed by atoms with van der Waals surface area (Å²) in [6.07, 6.45) is 2.82. The van der Waals surface area contributed by atoms with Crippen molar-refractivity contribution in [2.45, 2.75) is 19.9 Å². The lowest BCUT2D eigenvalue weighted by molar-refractivity contribution is 0.621. The van der Waals surface area contributed by atoms with Gasteiger partial charge in [0.05, 0.1) is 16.0 Å². The number of rotatable bonds is 4. The van der Waals surface area contributed by atoms with Gasteiger partial charge in [0.25, 0.3) is 0 Å². The number of benzene rings is 1. The van der Waals surface area contributed by atoms with Gasteiger partial charge in [0, 0.05) is 16.8 Å². The Kier molecular flexibility index (Phi) is 4.12. The van der Waals surface area contributed by atoms with Crippen LogP contribution in [0.1, 0.15) is 16.8 Å². The van der Waals surface area contributed by atoms with Crippen LogP contribution in [-0.4, -0.2) is 4.98 Å². The van der Waals surface area contributed by atoms with Gasteiger partial charge in [-0.2, -0.15) is 0 Å². The van der Waals surface area contributed by atoms with Crippen LogP contribution in [0.4, 0.5) is 10.1 Å². The number of aryl methyl sites for hydroxylation is 1. The normalized spacial score (nSPS) is 10.5. The van der Waals surface area contributed by atoms with Crippen LogP contribution in [-0.2, 0) is 13.0 Å². The van der Waals surface area contributed by atoms with E-state index in [1.165, 1.54) is 6.07 Å². The molecule has 0 unspecified atom stereocenters. The van der Waals surface area contributed by atoms with E-state index in [1.807, 2.05) is 12.3 Å². The lowest BCUT2D eigenvalue weighted by atomic mass is 10.3. The molecule has 0 saturated heterocycles. The molecule has 0 aliphatic carbocycles. The number of nitrogens with zero attached hydrogens (tertiary/aromatic N) is 1. The molecule has 17 heavy (non-hydrogen) atoms. The second-order valence-corrected chi connectivity index (χ2v) is 5.61. The predicted octanol–water partition coefficient (Wildman–Crippen LogP) is 4.22. The average Bonchev–Trinajstić information content (AvgIpc) is 2.79. The highest BCUT2D eigenvalue weighted by molar-refractivity contribution is 9.10. The Hall–Kier alpha value is -0.940. The monoisotopic (exact) mass is 314 g/mol. The quantitative estimate of drug-likeness (QED) is 0.914. The summed E-state index contributed by atoms with van der Waals surface area (Å²) in [5, 5.41) is 4.30. The molecule has 1 aromatic carbocycles. The molecule has 5 heteroatoms. The van der Waals surface area contributed by atoms with Gasteiger partial charge in [-0.3, -0.25) is 0 Å². The maximum atomic E-state index is 13.3. The topological polar surface area (TPSA) is 24.9 Å². The molecule has 0 spiro atoms. The summed E-state index contributed by atoms with van der Waals surface area (Å²) in [5.41, 5.74) is 0.775. The summed E-state index contributed by atoms with van der Waals surface area (Å²) >= 11 is 4.81. The molecule has 2 aromatic rings. The molecular weight excluding hydrogens is 303 g/mol. The van der Waals surface area contributed by atoms with Gasteiger partial charge in [0.1, 0.15) is 5.82 Å². The van der Waals surface area contributed by atoms with Crippen molar-refractivity contribution < 1.29 is 4.39 Å². The summed E-state index contributed by atoms with van der Waals surface area (Å²) in [4.78, 5) is 5.43. The van der Waals surface area contributed by atoms with Crippen LogP contribution in [0.25, 0.3) is 0 Å². The van der Waals surface area contributed by atoms with Crippen LogP contribution in [0.2, 0.25) is 0 Å². The third-order valence-electron chi connectivity index (χ3n) is 2.29. The van der Waals surface area contributed by atoms with Crippen molar-refractivity contribution >= 4 is 33.0 Å². The van der Waals surface area contributed by atoms with Gasteiger partial charge >= 0.3 is 0 Å². The number of aromatic nitrogens is 1. The number of halogens is 2. The molecule has 1 aromatic heterocycles. The first kappa shape index (κ1) is 12.5. The summed E-state index contributed by atoms with van der Waals surface area (Å²) in [5.74, 6) is -0.256. The molecule has 1 N–H and O–H groups in total. The molecule has 0 saturated carbocycles. The van der Waals surface area contributed by atoms with E-state index in [9.17, 15) is 4.39 Å². The van der Waals surface area contributed by atoms with E-state index in [1.54, 1.807) is 17.4 Å². The molecule has 0 bridgehead atoms. The number of hydrogen-bond acceptors (Lipinski definition) is 3. The van der Waals surface area contributed by atoms with E-state index in [2.05, 4.69) is 33.2 Å². The van der Waals surface area contributed by atoms with Crippen LogP contribution in [0, 0.1) is 5.82 Å². The minimum absolute atomic E-state index is 0.256. The highest BCUT2D eigenvalue weighted by Gasteiger charge is 2.02. The molecule has 0 aliphatic heterocycles. The van der Waals surface area contributed by atoms with E-state index in [4.69, 9.17) is 0 Å². The Morgan fingerprint density at radius 2 is 2.29 bits per heavy atom. The van der Waals surface area contributed by atoms with Crippen LogP contribution < -0.4 is 5.32 Å². The Morgan fingerprint density at radius 3 is 2.94 bits per heavy atom. The number of thiazole rings is 1. The maximum Gasteiger partial charge on any atom is 0.139 e. The van der Waals surface area contributed by atoms with Gasteiger partial charge < -0.3 is 5.32 Å². The fourth-order valence-electron chi connectivity index (χ4n) is 1.39. The van der Waals surface area contributed by atoms with E-state index >= 15 is 0 Å². The molecule has 2 nitrogen and oxygen atoms in total. The first-order valence-electron chi connectivity index (χ1n) is 5.31. The lowest BCUT2D eigenvalue weighted by Gasteiger charge is -2.05. The molecule has 1 heterocycles. The van der Waals surface area contributed by atoms with Crippen molar-refractivity contribution in [1.29, 1.82) is 0 Å². The minimum atomic E-state index is -0.256. The fourth-order valence-corrected chi connectivity index (χ4v) is 2.44. The molecule has 0 aliphatic rings. The molecule has 0 atom stereocenters. The van der Waals surface area contributed by atoms with Crippen molar-refractivity contribution in [3.05, 3.63) is 44.6 Å². The van der Waals surface area contributed by atoms with Gasteiger partial charge in [0.15, 0.2) is 0 Å². The van der Waals surface area contributed by atoms with Crippen molar-refractivity contribution in [1.82, 2.24) is 4.98 Å². The van der Waals surface area contributed by atoms with Crippen molar-refractivity contribution in [3.63, 3.8) is 0 Å². The maximum absolute atomic E-state index is 13.3. The minimum Gasteiger partial charge on any atom is -0.380 e. The zero-order valence-corrected chi connectivity index (χ0v) is 11.7. The second kappa shape index (κ2) is 5.60. The van der Waals surface area contributed by atoms with Gasteiger partial charge in [-0.1, -0.05) is 6.92 Å². The molecule has 0 fully saturated rings. The largest absolute Gasteiger partial charge is 0.380 e. The molecule has 90 valence electrons. The first-order chi connectivity index (χ1) is 8.19. The molecule has 0 amide bonds. The molecule has 2 rings (SSSR count). The Labute approximate surface area is 112 Å². The Bertz CT molecular complexity index is 513. The third-order valence-corrected chi connectivity index (χ3v) is 4.07. The van der Waals surface area contributed by atoms with Gasteiger partial charge in [-0.15, -0.1) is 11.3 Å². The molecular formula is C12H12BrFN2S. The van der Waals surface area contributed by atoms with Crippen LogP contribution in [0.15, 0.2) is 28.9 Å². The number of hydrogen-bond donors (Lipinski definition) is 1. The van der Waals surface area contributed by atoms with E-state index in [-0.39, 0.29) is 5.82 Å². The predicted molar refractivity (Wildman–Crippen MR) is 72.9 cm³/mol. The zero-order chi connectivity index (χ0) is 12.3. The first-order valence-corrected chi connectivity index (χ1v) is 6.92. The van der Waals surface area contributed by atoms with E-state index < -0.39 is 0 Å². The highest BCUT2D eigenvalue weighted by atomic mass is 79.9. The van der Waals surface area contributed by atoms with Crippen LogP contribution >= 0.6 is 27.3 Å². The Morgan fingerprint density at radius 1 is 1.47 bits per heavy atom. The number of nitrogens with one attached hydrogen (secondary N) is 1. The van der Waals surface area contributed by atoms with Crippen LogP contribution in [0.5, 0.6) is 0 Å². The SMILES string of the molecule is CCc1ncc(CNc2ccc(Br)c(F)c2)s1. The zero-order valence-electron chi connectivity index (χ0n) is 9.34. The van der Waals surface area contributed by atoms with Gasteiger partial charge in [0.2, 0.25) is 0 Å². The average molecular weight is 315 g/mol. The second-order valence-electron chi connectivity index (χ2n) is 3.56. The van der Waals surface area contributed by atoms with Crippen molar-refractivity contribution in [2.24, 2.45) is 0 Å². The van der Waals surface area contributed by atoms with E-state index in [0.717, 1.165) is 22.0 Å². The van der Waals surface area contributed by atoms with E-state index in [0.29, 0.717) is 11.0 Å². The van der Waals surface area contributed by atoms with Crippen LogP contribution in [0.3, 0.4) is 0 Å². The summed E-state index contributed by atoms with van der Waals surface area (Å²) < 4.78 is 13.7. The Balaban J connectivity index is 1.99. The highest BCUT2D eigenvalue weighted by Crippen LogP contribution is 2.20.